The van der Waals surface area contributed by atoms with Crippen LogP contribution in [-0.2, 0) is 0 Å². The number of hydrogen-bond acceptors (Lipinski definition) is 4. The molecule has 5 nitrogen and oxygen atoms in total. The molecule has 0 saturated heterocycles. The van der Waals surface area contributed by atoms with Gasteiger partial charge in [0.2, 0.25) is 0 Å². The number of benzene rings is 1. The van der Waals surface area contributed by atoms with Crippen molar-refractivity contribution in [3.8, 4) is 0 Å². The molecule has 0 aromatic heterocycles. The summed E-state index contributed by atoms with van der Waals surface area (Å²) in [4.78, 5) is 10.2. The molecule has 106 valence electrons. The fourth-order valence-electron chi connectivity index (χ4n) is 2.05. The van der Waals surface area contributed by atoms with Crippen molar-refractivity contribution in [1.29, 1.82) is 0 Å². The van der Waals surface area contributed by atoms with E-state index < -0.39 is 4.92 Å². The van der Waals surface area contributed by atoms with Crippen LogP contribution in [0.15, 0.2) is 24.3 Å². The zero-order valence-corrected chi connectivity index (χ0v) is 11.7. The van der Waals surface area contributed by atoms with Crippen LogP contribution in [0.1, 0.15) is 38.8 Å². The molecule has 0 heterocycles. The predicted molar refractivity (Wildman–Crippen MR) is 75.0 cm³/mol. The molecule has 0 aliphatic heterocycles. The second-order valence-corrected chi connectivity index (χ2v) is 5.17. The molecule has 1 aromatic rings. The summed E-state index contributed by atoms with van der Waals surface area (Å²) >= 11 is 0. The smallest absolute Gasteiger partial charge is 0.269 e. The zero-order valence-electron chi connectivity index (χ0n) is 11.7. The van der Waals surface area contributed by atoms with Crippen molar-refractivity contribution in [2.24, 2.45) is 5.92 Å². The number of nitrogens with zero attached hydrogens (tertiary/aromatic N) is 1. The van der Waals surface area contributed by atoms with Crippen LogP contribution in [-0.4, -0.2) is 22.7 Å². The molecule has 0 saturated carbocycles. The van der Waals surface area contributed by atoms with Crippen molar-refractivity contribution in [1.82, 2.24) is 5.32 Å². The first-order valence-electron chi connectivity index (χ1n) is 6.56. The van der Waals surface area contributed by atoms with Crippen LogP contribution < -0.4 is 5.32 Å². The lowest BCUT2D eigenvalue weighted by Gasteiger charge is -2.19. The fourth-order valence-corrected chi connectivity index (χ4v) is 2.05. The van der Waals surface area contributed by atoms with Gasteiger partial charge in [0.05, 0.1) is 11.0 Å². The summed E-state index contributed by atoms with van der Waals surface area (Å²) in [5.74, 6) is 0.389. The lowest BCUT2D eigenvalue weighted by Crippen LogP contribution is -2.26. The van der Waals surface area contributed by atoms with Gasteiger partial charge in [0, 0.05) is 18.2 Å². The summed E-state index contributed by atoms with van der Waals surface area (Å²) in [6.07, 6.45) is 0.478. The van der Waals surface area contributed by atoms with Gasteiger partial charge in [0.15, 0.2) is 0 Å². The largest absolute Gasteiger partial charge is 0.393 e. The van der Waals surface area contributed by atoms with E-state index in [-0.39, 0.29) is 17.8 Å². The Morgan fingerprint density at radius 3 is 2.32 bits per heavy atom. The van der Waals surface area contributed by atoms with Crippen molar-refractivity contribution in [3.63, 3.8) is 0 Å². The lowest BCUT2D eigenvalue weighted by atomic mass is 10.0. The molecule has 0 amide bonds. The Morgan fingerprint density at radius 1 is 1.26 bits per heavy atom. The molecule has 0 aliphatic rings. The molecule has 5 heteroatoms. The van der Waals surface area contributed by atoms with Gasteiger partial charge < -0.3 is 10.4 Å². The molecule has 1 aromatic carbocycles. The second kappa shape index (κ2) is 7.21. The predicted octanol–water partition coefficient (Wildman–Crippen LogP) is 2.65. The Kier molecular flexibility index (Phi) is 5.92. The fraction of sp³-hybridized carbons (Fsp3) is 0.571. The summed E-state index contributed by atoms with van der Waals surface area (Å²) in [7, 11) is 0. The van der Waals surface area contributed by atoms with E-state index in [2.05, 4.69) is 12.2 Å². The molecule has 0 spiro atoms. The van der Waals surface area contributed by atoms with E-state index in [1.165, 1.54) is 12.1 Å². The SMILES string of the molecule is C[C@H](CN[C@@H](C)c1ccc([N+](=O)[O-])cc1)C[C@H](C)O. The molecular formula is C14H22N2O3. The minimum Gasteiger partial charge on any atom is -0.393 e. The van der Waals surface area contributed by atoms with E-state index >= 15 is 0 Å². The highest BCUT2D eigenvalue weighted by atomic mass is 16.6. The number of nitro groups is 1. The van der Waals surface area contributed by atoms with E-state index in [0.717, 1.165) is 18.5 Å². The van der Waals surface area contributed by atoms with Crippen molar-refractivity contribution in [3.05, 3.63) is 39.9 Å². The summed E-state index contributed by atoms with van der Waals surface area (Å²) in [6, 6.07) is 6.72. The number of aliphatic hydroxyl groups excluding tert-OH is 1. The average molecular weight is 266 g/mol. The Labute approximate surface area is 113 Å². The monoisotopic (exact) mass is 266 g/mol. The average Bonchev–Trinajstić information content (AvgIpc) is 2.35. The second-order valence-electron chi connectivity index (χ2n) is 5.17. The Morgan fingerprint density at radius 2 is 1.84 bits per heavy atom. The first-order chi connectivity index (χ1) is 8.90. The molecule has 19 heavy (non-hydrogen) atoms. The van der Waals surface area contributed by atoms with Gasteiger partial charge in [-0.15, -0.1) is 0 Å². The van der Waals surface area contributed by atoms with Crippen LogP contribution >= 0.6 is 0 Å². The molecule has 2 N–H and O–H groups in total. The third-order valence-corrected chi connectivity index (χ3v) is 3.12. The van der Waals surface area contributed by atoms with Crippen molar-refractivity contribution in [2.75, 3.05) is 6.54 Å². The highest BCUT2D eigenvalue weighted by Gasteiger charge is 2.11. The number of non-ortho nitro benzene ring substituents is 1. The summed E-state index contributed by atoms with van der Waals surface area (Å²) in [6.45, 7) is 6.71. The first kappa shape index (κ1) is 15.6. The maximum Gasteiger partial charge on any atom is 0.269 e. The minimum absolute atomic E-state index is 0.110. The van der Waals surface area contributed by atoms with E-state index in [9.17, 15) is 15.2 Å². The zero-order chi connectivity index (χ0) is 14.4. The van der Waals surface area contributed by atoms with Gasteiger partial charge in [-0.05, 0) is 38.3 Å². The Balaban J connectivity index is 2.49. The van der Waals surface area contributed by atoms with E-state index in [0.29, 0.717) is 5.92 Å². The van der Waals surface area contributed by atoms with Gasteiger partial charge in [-0.25, -0.2) is 0 Å². The van der Waals surface area contributed by atoms with E-state index in [1.54, 1.807) is 19.1 Å². The quantitative estimate of drug-likeness (QED) is 0.587. The van der Waals surface area contributed by atoms with Gasteiger partial charge in [-0.2, -0.15) is 0 Å². The van der Waals surface area contributed by atoms with Crippen LogP contribution in [0.4, 0.5) is 5.69 Å². The number of rotatable bonds is 7. The van der Waals surface area contributed by atoms with Gasteiger partial charge in [0.25, 0.3) is 5.69 Å². The molecule has 0 unspecified atom stereocenters. The number of nitro benzene ring substituents is 1. The van der Waals surface area contributed by atoms with Crippen LogP contribution in [0, 0.1) is 16.0 Å². The van der Waals surface area contributed by atoms with Crippen LogP contribution in [0.2, 0.25) is 0 Å². The van der Waals surface area contributed by atoms with Crippen molar-refractivity contribution < 1.29 is 10.0 Å². The summed E-state index contributed by atoms with van der Waals surface area (Å²) < 4.78 is 0. The highest BCUT2D eigenvalue weighted by Crippen LogP contribution is 2.18. The summed E-state index contributed by atoms with van der Waals surface area (Å²) in [5, 5.41) is 23.2. The molecule has 0 bridgehead atoms. The van der Waals surface area contributed by atoms with Crippen LogP contribution in [0.5, 0.6) is 0 Å². The molecule has 0 fully saturated rings. The third-order valence-electron chi connectivity index (χ3n) is 3.12. The Bertz CT molecular complexity index is 404. The van der Waals surface area contributed by atoms with Crippen LogP contribution in [0.25, 0.3) is 0 Å². The molecule has 0 radical (unpaired) electrons. The minimum atomic E-state index is -0.396. The summed E-state index contributed by atoms with van der Waals surface area (Å²) in [5.41, 5.74) is 1.13. The normalized spacial score (nSPS) is 15.8. The maximum absolute atomic E-state index is 10.6. The van der Waals surface area contributed by atoms with Gasteiger partial charge in [0.1, 0.15) is 0 Å². The molecule has 1 rings (SSSR count). The molecule has 0 aliphatic carbocycles. The van der Waals surface area contributed by atoms with Crippen molar-refractivity contribution in [2.45, 2.75) is 39.3 Å². The molecular weight excluding hydrogens is 244 g/mol. The highest BCUT2D eigenvalue weighted by molar-refractivity contribution is 5.33. The Hall–Kier alpha value is -1.46. The van der Waals surface area contributed by atoms with Crippen LogP contribution in [0.3, 0.4) is 0 Å². The number of nitrogens with one attached hydrogen (secondary N) is 1. The van der Waals surface area contributed by atoms with Crippen molar-refractivity contribution >= 4 is 5.69 Å². The maximum atomic E-state index is 10.6. The van der Waals surface area contributed by atoms with E-state index in [1.807, 2.05) is 6.92 Å². The van der Waals surface area contributed by atoms with Gasteiger partial charge in [-0.1, -0.05) is 19.1 Å². The third kappa shape index (κ3) is 5.36. The number of hydrogen-bond donors (Lipinski definition) is 2. The topological polar surface area (TPSA) is 75.4 Å². The van der Waals surface area contributed by atoms with Gasteiger partial charge >= 0.3 is 0 Å². The van der Waals surface area contributed by atoms with E-state index in [4.69, 9.17) is 0 Å². The first-order valence-corrected chi connectivity index (χ1v) is 6.56. The standard InChI is InChI=1S/C14H22N2O3/c1-10(8-11(2)17)9-15-12(3)13-4-6-14(7-5-13)16(18)19/h4-7,10-12,15,17H,8-9H2,1-3H3/t10-,11-,12-/m0/s1. The lowest BCUT2D eigenvalue weighted by molar-refractivity contribution is -0.384. The molecule has 3 atom stereocenters. The van der Waals surface area contributed by atoms with Gasteiger partial charge in [-0.3, -0.25) is 10.1 Å². The number of aliphatic hydroxyl groups is 1.